The largest absolute Gasteiger partial charge is 0.497 e. The van der Waals surface area contributed by atoms with Gasteiger partial charge in [-0.05, 0) is 60.0 Å². The van der Waals surface area contributed by atoms with Gasteiger partial charge in [-0.1, -0.05) is 30.4 Å². The number of hydrogen-bond acceptors (Lipinski definition) is 5. The van der Waals surface area contributed by atoms with Gasteiger partial charge in [0.15, 0.2) is 0 Å². The molecule has 0 bridgehead atoms. The van der Waals surface area contributed by atoms with Gasteiger partial charge >= 0.3 is 0 Å². The molecule has 0 radical (unpaired) electrons. The second-order valence-corrected chi connectivity index (χ2v) is 7.05. The number of aromatic amines is 1. The van der Waals surface area contributed by atoms with Crippen LogP contribution in [0.1, 0.15) is 16.7 Å². The van der Waals surface area contributed by atoms with Crippen LogP contribution >= 0.6 is 12.2 Å². The number of ether oxygens (including phenoxy) is 1. The van der Waals surface area contributed by atoms with Crippen molar-refractivity contribution in [1.82, 2.24) is 30.0 Å². The molecule has 2 aromatic carbocycles. The van der Waals surface area contributed by atoms with Crippen molar-refractivity contribution in [3.63, 3.8) is 0 Å². The number of benzene rings is 2. The Balaban J connectivity index is 1.60. The van der Waals surface area contributed by atoms with E-state index in [0.717, 1.165) is 22.6 Å². The molecule has 0 spiro atoms. The Morgan fingerprint density at radius 3 is 2.46 bits per heavy atom. The Labute approximate surface area is 167 Å². The van der Waals surface area contributed by atoms with Crippen LogP contribution in [0.4, 0.5) is 0 Å². The van der Waals surface area contributed by atoms with Crippen molar-refractivity contribution in [2.24, 2.45) is 0 Å². The summed E-state index contributed by atoms with van der Waals surface area (Å²) in [4.78, 5) is 1.56. The third-order valence-corrected chi connectivity index (χ3v) is 4.82. The van der Waals surface area contributed by atoms with Gasteiger partial charge in [0.2, 0.25) is 5.82 Å². The molecule has 2 aromatic heterocycles. The van der Waals surface area contributed by atoms with E-state index in [9.17, 15) is 0 Å². The second-order valence-electron chi connectivity index (χ2n) is 6.67. The van der Waals surface area contributed by atoms with Gasteiger partial charge in [0, 0.05) is 6.20 Å². The normalized spacial score (nSPS) is 11.0. The summed E-state index contributed by atoms with van der Waals surface area (Å²) < 4.78 is 7.66. The SMILES string of the molecule is COc1ccc(Cn2nnc(-c3c[nH]n(-c4cc(C)cc(C)c4)c3=S)n2)cc1. The number of methoxy groups -OCH3 is 1. The smallest absolute Gasteiger partial charge is 0.209 e. The van der Waals surface area contributed by atoms with Gasteiger partial charge in [-0.3, -0.25) is 5.10 Å². The minimum atomic E-state index is 0.498. The Morgan fingerprint density at radius 2 is 1.79 bits per heavy atom. The highest BCUT2D eigenvalue weighted by molar-refractivity contribution is 7.71. The highest BCUT2D eigenvalue weighted by Crippen LogP contribution is 2.20. The molecule has 0 fully saturated rings. The molecule has 0 unspecified atom stereocenters. The average Bonchev–Trinajstić information content (AvgIpc) is 3.28. The van der Waals surface area contributed by atoms with E-state index in [1.54, 1.807) is 11.9 Å². The van der Waals surface area contributed by atoms with E-state index >= 15 is 0 Å². The quantitative estimate of drug-likeness (QED) is 0.522. The van der Waals surface area contributed by atoms with Crippen LogP contribution < -0.4 is 4.74 Å². The number of tetrazole rings is 1. The van der Waals surface area contributed by atoms with Gasteiger partial charge in [0.05, 0.1) is 24.9 Å². The number of H-pyrrole nitrogens is 1. The molecule has 7 nitrogen and oxygen atoms in total. The Hall–Kier alpha value is -3.26. The lowest BCUT2D eigenvalue weighted by atomic mass is 10.1. The van der Waals surface area contributed by atoms with E-state index in [0.29, 0.717) is 17.0 Å². The zero-order valence-corrected chi connectivity index (χ0v) is 16.7. The first-order valence-electron chi connectivity index (χ1n) is 8.84. The fraction of sp³-hybridized carbons (Fsp3) is 0.200. The minimum absolute atomic E-state index is 0.498. The Morgan fingerprint density at radius 1 is 1.07 bits per heavy atom. The molecule has 142 valence electrons. The molecule has 28 heavy (non-hydrogen) atoms. The maximum Gasteiger partial charge on any atom is 0.209 e. The summed E-state index contributed by atoms with van der Waals surface area (Å²) >= 11 is 5.64. The van der Waals surface area contributed by atoms with Crippen LogP contribution in [0.5, 0.6) is 5.75 Å². The topological polar surface area (TPSA) is 73.5 Å². The predicted molar refractivity (Wildman–Crippen MR) is 109 cm³/mol. The van der Waals surface area contributed by atoms with Gasteiger partial charge in [-0.25, -0.2) is 4.68 Å². The first kappa shape index (κ1) is 18.1. The minimum Gasteiger partial charge on any atom is -0.497 e. The summed E-state index contributed by atoms with van der Waals surface area (Å²) in [7, 11) is 1.65. The molecule has 2 heterocycles. The van der Waals surface area contributed by atoms with E-state index in [4.69, 9.17) is 17.0 Å². The fourth-order valence-corrected chi connectivity index (χ4v) is 3.42. The highest BCUT2D eigenvalue weighted by Gasteiger charge is 2.13. The molecule has 4 rings (SSSR count). The second kappa shape index (κ2) is 7.40. The van der Waals surface area contributed by atoms with E-state index in [-0.39, 0.29) is 0 Å². The van der Waals surface area contributed by atoms with Gasteiger partial charge in [-0.15, -0.1) is 10.2 Å². The number of nitrogens with one attached hydrogen (secondary N) is 1. The lowest BCUT2D eigenvalue weighted by Gasteiger charge is -2.05. The molecule has 8 heteroatoms. The van der Waals surface area contributed by atoms with E-state index in [2.05, 4.69) is 52.6 Å². The van der Waals surface area contributed by atoms with Gasteiger partial charge in [0.25, 0.3) is 0 Å². The van der Waals surface area contributed by atoms with Crippen molar-refractivity contribution < 1.29 is 4.74 Å². The van der Waals surface area contributed by atoms with Crippen LogP contribution in [0.3, 0.4) is 0 Å². The van der Waals surface area contributed by atoms with Crippen LogP contribution in [0.15, 0.2) is 48.7 Å². The van der Waals surface area contributed by atoms with Crippen LogP contribution in [-0.2, 0) is 6.54 Å². The Kier molecular flexibility index (Phi) is 4.79. The van der Waals surface area contributed by atoms with Crippen molar-refractivity contribution >= 4 is 12.2 Å². The molecule has 0 saturated heterocycles. The zero-order valence-electron chi connectivity index (χ0n) is 15.9. The molecule has 1 N–H and O–H groups in total. The van der Waals surface area contributed by atoms with Crippen molar-refractivity contribution in [3.8, 4) is 22.8 Å². The van der Waals surface area contributed by atoms with Gasteiger partial charge < -0.3 is 4.74 Å². The molecule has 0 aliphatic heterocycles. The van der Waals surface area contributed by atoms with Crippen LogP contribution in [0.25, 0.3) is 17.1 Å². The summed E-state index contributed by atoms with van der Waals surface area (Å²) in [5.41, 5.74) is 5.14. The zero-order chi connectivity index (χ0) is 19.7. The number of rotatable bonds is 5. The first-order valence-corrected chi connectivity index (χ1v) is 9.24. The summed E-state index contributed by atoms with van der Waals surface area (Å²) in [6.07, 6.45) is 1.81. The predicted octanol–water partition coefficient (Wildman–Crippen LogP) is 3.86. The monoisotopic (exact) mass is 392 g/mol. The van der Waals surface area contributed by atoms with Crippen LogP contribution in [-0.4, -0.2) is 37.1 Å². The van der Waals surface area contributed by atoms with Crippen LogP contribution in [0, 0.1) is 18.5 Å². The maximum atomic E-state index is 5.64. The average molecular weight is 392 g/mol. The standard InChI is InChI=1S/C20H20N6OS/c1-13-8-14(2)10-16(9-13)26-20(28)18(11-21-26)19-22-24-25(23-19)12-15-4-6-17(27-3)7-5-15/h4-11,21H,12H2,1-3H3. The Bertz CT molecular complexity index is 1150. The molecule has 0 aliphatic rings. The molecule has 0 aliphatic carbocycles. The molecule has 0 saturated carbocycles. The number of nitrogens with zero attached hydrogens (tertiary/aromatic N) is 5. The molecular weight excluding hydrogens is 372 g/mol. The van der Waals surface area contributed by atoms with Crippen molar-refractivity contribution in [3.05, 3.63) is 70.0 Å². The van der Waals surface area contributed by atoms with Gasteiger partial charge in [-0.2, -0.15) is 4.80 Å². The van der Waals surface area contributed by atoms with Crippen molar-refractivity contribution in [2.45, 2.75) is 20.4 Å². The summed E-state index contributed by atoms with van der Waals surface area (Å²) in [6.45, 7) is 4.65. The maximum absolute atomic E-state index is 5.64. The number of hydrogen-bond donors (Lipinski definition) is 1. The fourth-order valence-electron chi connectivity index (χ4n) is 3.11. The third kappa shape index (κ3) is 3.59. The lowest BCUT2D eigenvalue weighted by molar-refractivity contribution is 0.414. The molecule has 0 amide bonds. The van der Waals surface area contributed by atoms with Crippen molar-refractivity contribution in [1.29, 1.82) is 0 Å². The van der Waals surface area contributed by atoms with E-state index in [1.165, 1.54) is 11.1 Å². The molecule has 4 aromatic rings. The summed E-state index contributed by atoms with van der Waals surface area (Å²) in [6, 6.07) is 14.1. The molecular formula is C20H20N6OS. The van der Waals surface area contributed by atoms with E-state index in [1.807, 2.05) is 35.1 Å². The highest BCUT2D eigenvalue weighted by atomic mass is 32.1. The van der Waals surface area contributed by atoms with Crippen molar-refractivity contribution in [2.75, 3.05) is 7.11 Å². The molecule has 0 atom stereocenters. The van der Waals surface area contributed by atoms with E-state index < -0.39 is 0 Å². The lowest BCUT2D eigenvalue weighted by Crippen LogP contribution is -2.04. The third-order valence-electron chi connectivity index (χ3n) is 4.41. The first-order chi connectivity index (χ1) is 13.5. The summed E-state index contributed by atoms with van der Waals surface area (Å²) in [5.74, 6) is 1.31. The van der Waals surface area contributed by atoms with Gasteiger partial charge in [0.1, 0.15) is 10.4 Å². The number of aryl methyl sites for hydroxylation is 2. The summed E-state index contributed by atoms with van der Waals surface area (Å²) in [5, 5.41) is 16.0. The number of aromatic nitrogens is 6. The van der Waals surface area contributed by atoms with Crippen LogP contribution in [0.2, 0.25) is 0 Å².